The Morgan fingerprint density at radius 1 is 1.07 bits per heavy atom. The van der Waals surface area contributed by atoms with Crippen LogP contribution in [-0.2, 0) is 10.0 Å². The van der Waals surface area contributed by atoms with E-state index in [2.05, 4.69) is 5.32 Å². The lowest BCUT2D eigenvalue weighted by Crippen LogP contribution is -2.35. The van der Waals surface area contributed by atoms with Gasteiger partial charge in [-0.2, -0.15) is 4.31 Å². The summed E-state index contributed by atoms with van der Waals surface area (Å²) in [7, 11) is -2.17. The first-order valence-corrected chi connectivity index (χ1v) is 10.8. The number of anilines is 1. The van der Waals surface area contributed by atoms with Gasteiger partial charge in [-0.15, -0.1) is 0 Å². The summed E-state index contributed by atoms with van der Waals surface area (Å²) >= 11 is 0. The van der Waals surface area contributed by atoms with Crippen LogP contribution in [0.2, 0.25) is 0 Å². The molecule has 0 spiro atoms. The number of piperidine rings is 1. The molecule has 6 nitrogen and oxygen atoms in total. The van der Waals surface area contributed by atoms with E-state index in [0.717, 1.165) is 30.4 Å². The van der Waals surface area contributed by atoms with E-state index in [4.69, 9.17) is 4.74 Å². The maximum absolute atomic E-state index is 13.0. The minimum absolute atomic E-state index is 0.112. The SMILES string of the molecule is COc1ccc(S(=O)(=O)N2CCCCC2)cc1C(=O)Nc1cccc(C)c1C. The number of sulfonamides is 1. The van der Waals surface area contributed by atoms with E-state index >= 15 is 0 Å². The van der Waals surface area contributed by atoms with Gasteiger partial charge < -0.3 is 10.1 Å². The predicted octanol–water partition coefficient (Wildman–Crippen LogP) is 3.74. The molecule has 1 aliphatic heterocycles. The molecule has 1 aliphatic rings. The van der Waals surface area contributed by atoms with E-state index in [0.29, 0.717) is 24.5 Å². The van der Waals surface area contributed by atoms with E-state index in [-0.39, 0.29) is 10.5 Å². The van der Waals surface area contributed by atoms with Crippen molar-refractivity contribution in [2.45, 2.75) is 38.0 Å². The van der Waals surface area contributed by atoms with E-state index in [9.17, 15) is 13.2 Å². The maximum atomic E-state index is 13.0. The number of ether oxygens (including phenoxy) is 1. The van der Waals surface area contributed by atoms with Gasteiger partial charge in [0, 0.05) is 18.8 Å². The van der Waals surface area contributed by atoms with Crippen molar-refractivity contribution in [1.82, 2.24) is 4.31 Å². The summed E-state index contributed by atoms with van der Waals surface area (Å²) in [5.41, 5.74) is 2.91. The molecule has 0 radical (unpaired) electrons. The van der Waals surface area contributed by atoms with E-state index in [1.807, 2.05) is 32.0 Å². The zero-order valence-electron chi connectivity index (χ0n) is 16.5. The first-order chi connectivity index (χ1) is 13.3. The number of carbonyl (C=O) groups is 1. The summed E-state index contributed by atoms with van der Waals surface area (Å²) in [6.45, 7) is 4.92. The van der Waals surface area contributed by atoms with Gasteiger partial charge in [-0.25, -0.2) is 8.42 Å². The van der Waals surface area contributed by atoms with Crippen molar-refractivity contribution >= 4 is 21.6 Å². The predicted molar refractivity (Wildman–Crippen MR) is 109 cm³/mol. The Kier molecular flexibility index (Phi) is 6.05. The molecule has 3 rings (SSSR count). The molecule has 0 aliphatic carbocycles. The van der Waals surface area contributed by atoms with Crippen LogP contribution in [0.4, 0.5) is 5.69 Å². The lowest BCUT2D eigenvalue weighted by Gasteiger charge is -2.26. The Bertz CT molecular complexity index is 980. The number of carbonyl (C=O) groups excluding carboxylic acids is 1. The molecule has 1 saturated heterocycles. The van der Waals surface area contributed by atoms with Gasteiger partial charge in [-0.05, 0) is 62.1 Å². The number of nitrogens with zero attached hydrogens (tertiary/aromatic N) is 1. The molecule has 0 atom stereocenters. The Morgan fingerprint density at radius 2 is 1.79 bits per heavy atom. The normalized spacial score (nSPS) is 15.2. The third kappa shape index (κ3) is 4.05. The number of benzene rings is 2. The number of hydrogen-bond donors (Lipinski definition) is 1. The van der Waals surface area contributed by atoms with Gasteiger partial charge in [0.15, 0.2) is 0 Å². The Morgan fingerprint density at radius 3 is 2.46 bits per heavy atom. The Labute approximate surface area is 166 Å². The zero-order valence-corrected chi connectivity index (χ0v) is 17.3. The summed E-state index contributed by atoms with van der Waals surface area (Å²) in [5.74, 6) is -0.0679. The van der Waals surface area contributed by atoms with Gasteiger partial charge in [0.1, 0.15) is 5.75 Å². The molecule has 28 heavy (non-hydrogen) atoms. The molecule has 7 heteroatoms. The third-order valence-corrected chi connectivity index (χ3v) is 7.12. The van der Waals surface area contributed by atoms with Gasteiger partial charge in [0.25, 0.3) is 5.91 Å². The number of aryl methyl sites for hydroxylation is 1. The fraction of sp³-hybridized carbons (Fsp3) is 0.381. The van der Waals surface area contributed by atoms with Crippen LogP contribution in [0.5, 0.6) is 5.75 Å². The highest BCUT2D eigenvalue weighted by Crippen LogP contribution is 2.28. The number of methoxy groups -OCH3 is 1. The minimum Gasteiger partial charge on any atom is -0.496 e. The lowest BCUT2D eigenvalue weighted by molar-refractivity contribution is 0.102. The molecule has 1 fully saturated rings. The second-order valence-electron chi connectivity index (χ2n) is 7.03. The second kappa shape index (κ2) is 8.32. The van der Waals surface area contributed by atoms with Crippen molar-refractivity contribution < 1.29 is 17.9 Å². The summed E-state index contributed by atoms with van der Waals surface area (Å²) in [6, 6.07) is 10.1. The van der Waals surface area contributed by atoms with Crippen molar-refractivity contribution in [2.75, 3.05) is 25.5 Å². The van der Waals surface area contributed by atoms with Gasteiger partial charge >= 0.3 is 0 Å². The fourth-order valence-electron chi connectivity index (χ4n) is 3.36. The van der Waals surface area contributed by atoms with Crippen LogP contribution in [-0.4, -0.2) is 38.8 Å². The highest BCUT2D eigenvalue weighted by Gasteiger charge is 2.27. The molecule has 0 aromatic heterocycles. The monoisotopic (exact) mass is 402 g/mol. The summed E-state index contributed by atoms with van der Waals surface area (Å²) in [4.78, 5) is 13.0. The van der Waals surface area contributed by atoms with E-state index < -0.39 is 15.9 Å². The van der Waals surface area contributed by atoms with Gasteiger partial charge in [-0.3, -0.25) is 4.79 Å². The van der Waals surface area contributed by atoms with Crippen molar-refractivity contribution in [3.05, 3.63) is 53.1 Å². The quantitative estimate of drug-likeness (QED) is 0.827. The van der Waals surface area contributed by atoms with Crippen LogP contribution >= 0.6 is 0 Å². The van der Waals surface area contributed by atoms with E-state index in [1.165, 1.54) is 29.6 Å². The van der Waals surface area contributed by atoms with Crippen molar-refractivity contribution in [1.29, 1.82) is 0 Å². The molecular weight excluding hydrogens is 376 g/mol. The summed E-state index contributed by atoms with van der Waals surface area (Å²) in [5, 5.41) is 2.87. The van der Waals surface area contributed by atoms with Gasteiger partial charge in [-0.1, -0.05) is 18.6 Å². The third-order valence-electron chi connectivity index (χ3n) is 5.22. The standard InChI is InChI=1S/C21H26N2O4S/c1-15-8-7-9-19(16(15)2)22-21(24)18-14-17(10-11-20(18)27-3)28(25,26)23-12-5-4-6-13-23/h7-11,14H,4-6,12-13H2,1-3H3,(H,22,24). The molecule has 0 unspecified atom stereocenters. The topological polar surface area (TPSA) is 75.7 Å². The average Bonchev–Trinajstić information content (AvgIpc) is 2.71. The number of amides is 1. The van der Waals surface area contributed by atoms with Crippen LogP contribution in [0, 0.1) is 13.8 Å². The Balaban J connectivity index is 1.94. The molecule has 1 amide bonds. The first-order valence-electron chi connectivity index (χ1n) is 9.40. The van der Waals surface area contributed by atoms with Gasteiger partial charge in [0.05, 0.1) is 17.6 Å². The van der Waals surface area contributed by atoms with Crippen LogP contribution in [0.25, 0.3) is 0 Å². The lowest BCUT2D eigenvalue weighted by atomic mass is 10.1. The average molecular weight is 403 g/mol. The van der Waals surface area contributed by atoms with Crippen LogP contribution < -0.4 is 10.1 Å². The van der Waals surface area contributed by atoms with Crippen LogP contribution in [0.3, 0.4) is 0 Å². The molecule has 1 N–H and O–H groups in total. The highest BCUT2D eigenvalue weighted by atomic mass is 32.2. The molecule has 1 heterocycles. The fourth-order valence-corrected chi connectivity index (χ4v) is 4.90. The van der Waals surface area contributed by atoms with Crippen molar-refractivity contribution in [3.63, 3.8) is 0 Å². The smallest absolute Gasteiger partial charge is 0.259 e. The minimum atomic E-state index is -3.63. The number of rotatable bonds is 5. The largest absolute Gasteiger partial charge is 0.496 e. The molecule has 2 aromatic carbocycles. The molecule has 0 bridgehead atoms. The maximum Gasteiger partial charge on any atom is 0.259 e. The number of hydrogen-bond acceptors (Lipinski definition) is 4. The molecule has 0 saturated carbocycles. The second-order valence-corrected chi connectivity index (χ2v) is 8.97. The van der Waals surface area contributed by atoms with Gasteiger partial charge in [0.2, 0.25) is 10.0 Å². The van der Waals surface area contributed by atoms with Crippen molar-refractivity contribution in [2.24, 2.45) is 0 Å². The number of nitrogens with one attached hydrogen (secondary N) is 1. The Hall–Kier alpha value is -2.38. The molecule has 150 valence electrons. The highest BCUT2D eigenvalue weighted by molar-refractivity contribution is 7.89. The van der Waals surface area contributed by atoms with Crippen LogP contribution in [0.1, 0.15) is 40.7 Å². The van der Waals surface area contributed by atoms with E-state index in [1.54, 1.807) is 0 Å². The van der Waals surface area contributed by atoms with Crippen molar-refractivity contribution in [3.8, 4) is 5.75 Å². The molecular formula is C21H26N2O4S. The first kappa shape index (κ1) is 20.4. The summed E-state index contributed by atoms with van der Waals surface area (Å²) < 4.78 is 32.7. The van der Waals surface area contributed by atoms with Crippen LogP contribution in [0.15, 0.2) is 41.3 Å². The molecule has 2 aromatic rings. The zero-order chi connectivity index (χ0) is 20.3. The summed E-state index contributed by atoms with van der Waals surface area (Å²) in [6.07, 6.45) is 2.75.